The molecule has 0 spiro atoms. The van der Waals surface area contributed by atoms with Crippen molar-refractivity contribution in [3.05, 3.63) is 58.4 Å². The minimum Gasteiger partial charge on any atom is -0.496 e. The van der Waals surface area contributed by atoms with Gasteiger partial charge in [-0.1, -0.05) is 17.7 Å². The van der Waals surface area contributed by atoms with Crippen LogP contribution in [0.1, 0.15) is 26.5 Å². The van der Waals surface area contributed by atoms with Gasteiger partial charge in [-0.15, -0.1) is 11.3 Å². The van der Waals surface area contributed by atoms with Crippen molar-refractivity contribution in [2.24, 2.45) is 0 Å². The first kappa shape index (κ1) is 18.0. The lowest BCUT2D eigenvalue weighted by atomic mass is 10.1. The van der Waals surface area contributed by atoms with E-state index in [0.29, 0.717) is 27.9 Å². The Morgan fingerprint density at radius 2 is 1.96 bits per heavy atom. The van der Waals surface area contributed by atoms with Gasteiger partial charge in [0, 0.05) is 31.5 Å². The zero-order chi connectivity index (χ0) is 18.7. The van der Waals surface area contributed by atoms with Gasteiger partial charge in [0.25, 0.3) is 5.91 Å². The monoisotopic (exact) mass is 368 g/mol. The molecule has 0 radical (unpaired) electrons. The predicted octanol–water partition coefficient (Wildman–Crippen LogP) is 3.50. The first-order chi connectivity index (χ1) is 12.5. The summed E-state index contributed by atoms with van der Waals surface area (Å²) in [5.74, 6) is 1.23. The van der Waals surface area contributed by atoms with Crippen LogP contribution < -0.4 is 4.74 Å². The third-order valence-corrected chi connectivity index (χ3v) is 5.08. The normalized spacial score (nSPS) is 10.6. The largest absolute Gasteiger partial charge is 0.496 e. The summed E-state index contributed by atoms with van der Waals surface area (Å²) in [6.07, 6.45) is 3.33. The van der Waals surface area contributed by atoms with Gasteiger partial charge in [0.2, 0.25) is 0 Å². The van der Waals surface area contributed by atoms with Crippen LogP contribution in [0.3, 0.4) is 0 Å². The van der Waals surface area contributed by atoms with Gasteiger partial charge >= 0.3 is 0 Å². The fourth-order valence-corrected chi connectivity index (χ4v) is 3.64. The molecule has 0 atom stereocenters. The van der Waals surface area contributed by atoms with Crippen molar-refractivity contribution in [2.45, 2.75) is 20.4 Å². The molecule has 0 aliphatic heterocycles. The molecule has 1 aromatic carbocycles. The standard InChI is InChI=1S/C19H20N4O2S/c1-12-6-7-15(25-4)14(10-12)11-23(3)19(24)16-13(2)22-18(26-16)17-20-8-5-9-21-17/h5-10H,11H2,1-4H3. The van der Waals surface area contributed by atoms with Crippen LogP contribution in [-0.2, 0) is 6.54 Å². The summed E-state index contributed by atoms with van der Waals surface area (Å²) >= 11 is 1.31. The molecule has 7 heteroatoms. The molecule has 1 amide bonds. The van der Waals surface area contributed by atoms with Crippen LogP contribution in [0.2, 0.25) is 0 Å². The number of thiazole rings is 1. The molecule has 26 heavy (non-hydrogen) atoms. The van der Waals surface area contributed by atoms with E-state index in [1.165, 1.54) is 11.3 Å². The van der Waals surface area contributed by atoms with Crippen LogP contribution in [0.5, 0.6) is 5.75 Å². The summed E-state index contributed by atoms with van der Waals surface area (Å²) in [4.78, 5) is 28.1. The van der Waals surface area contributed by atoms with E-state index in [0.717, 1.165) is 16.9 Å². The fraction of sp³-hybridized carbons (Fsp3) is 0.263. The predicted molar refractivity (Wildman–Crippen MR) is 101 cm³/mol. The number of ether oxygens (including phenoxy) is 1. The fourth-order valence-electron chi connectivity index (χ4n) is 2.63. The third-order valence-electron chi connectivity index (χ3n) is 3.94. The Morgan fingerprint density at radius 1 is 1.23 bits per heavy atom. The van der Waals surface area contributed by atoms with Crippen molar-refractivity contribution in [3.63, 3.8) is 0 Å². The number of methoxy groups -OCH3 is 1. The maximum Gasteiger partial charge on any atom is 0.265 e. The van der Waals surface area contributed by atoms with E-state index in [1.807, 2.05) is 32.0 Å². The second-order valence-electron chi connectivity index (χ2n) is 5.98. The quantitative estimate of drug-likeness (QED) is 0.689. The summed E-state index contributed by atoms with van der Waals surface area (Å²) in [6.45, 7) is 4.31. The Kier molecular flexibility index (Phi) is 5.27. The molecule has 0 saturated heterocycles. The van der Waals surface area contributed by atoms with E-state index >= 15 is 0 Å². The van der Waals surface area contributed by atoms with E-state index in [4.69, 9.17) is 4.74 Å². The molecule has 0 saturated carbocycles. The van der Waals surface area contributed by atoms with Gasteiger partial charge in [-0.2, -0.15) is 0 Å². The number of amides is 1. The number of rotatable bonds is 5. The van der Waals surface area contributed by atoms with E-state index < -0.39 is 0 Å². The van der Waals surface area contributed by atoms with Gasteiger partial charge in [0.15, 0.2) is 10.8 Å². The van der Waals surface area contributed by atoms with E-state index in [-0.39, 0.29) is 5.91 Å². The van der Waals surface area contributed by atoms with Crippen molar-refractivity contribution in [1.29, 1.82) is 0 Å². The Bertz CT molecular complexity index is 925. The van der Waals surface area contributed by atoms with Gasteiger partial charge in [-0.25, -0.2) is 15.0 Å². The number of aromatic nitrogens is 3. The van der Waals surface area contributed by atoms with Gasteiger partial charge in [-0.3, -0.25) is 4.79 Å². The minimum absolute atomic E-state index is 0.0780. The number of nitrogens with zero attached hydrogens (tertiary/aromatic N) is 4. The van der Waals surface area contributed by atoms with Gasteiger partial charge in [0.05, 0.1) is 12.8 Å². The first-order valence-electron chi connectivity index (χ1n) is 8.13. The molecule has 0 bridgehead atoms. The molecule has 0 N–H and O–H groups in total. The van der Waals surface area contributed by atoms with E-state index in [2.05, 4.69) is 15.0 Å². The van der Waals surface area contributed by atoms with Crippen LogP contribution in [0, 0.1) is 13.8 Å². The second kappa shape index (κ2) is 7.61. The van der Waals surface area contributed by atoms with E-state index in [9.17, 15) is 4.79 Å². The van der Waals surface area contributed by atoms with Gasteiger partial charge < -0.3 is 9.64 Å². The number of aryl methyl sites for hydroxylation is 2. The molecule has 0 unspecified atom stereocenters. The molecule has 6 nitrogen and oxygen atoms in total. The molecule has 0 fully saturated rings. The lowest BCUT2D eigenvalue weighted by Crippen LogP contribution is -2.26. The minimum atomic E-state index is -0.0780. The molecule has 2 aromatic heterocycles. The number of hydrogen-bond donors (Lipinski definition) is 0. The Labute approximate surface area is 156 Å². The highest BCUT2D eigenvalue weighted by Gasteiger charge is 2.21. The Balaban J connectivity index is 1.83. The maximum absolute atomic E-state index is 12.9. The van der Waals surface area contributed by atoms with Crippen molar-refractivity contribution in [3.8, 4) is 16.6 Å². The molecule has 2 heterocycles. The number of benzene rings is 1. The van der Waals surface area contributed by atoms with Crippen molar-refractivity contribution >= 4 is 17.2 Å². The van der Waals surface area contributed by atoms with Gasteiger partial charge in [-0.05, 0) is 26.0 Å². The van der Waals surface area contributed by atoms with Crippen LogP contribution in [0.4, 0.5) is 0 Å². The molecule has 0 aliphatic carbocycles. The molecule has 3 rings (SSSR count). The topological polar surface area (TPSA) is 68.2 Å². The summed E-state index contributed by atoms with van der Waals surface area (Å²) in [6, 6.07) is 7.69. The third kappa shape index (κ3) is 3.72. The zero-order valence-electron chi connectivity index (χ0n) is 15.2. The summed E-state index contributed by atoms with van der Waals surface area (Å²) in [7, 11) is 3.41. The summed E-state index contributed by atoms with van der Waals surface area (Å²) < 4.78 is 5.41. The highest BCUT2D eigenvalue weighted by Crippen LogP contribution is 2.27. The van der Waals surface area contributed by atoms with Crippen LogP contribution in [0.15, 0.2) is 36.7 Å². The molecular weight excluding hydrogens is 348 g/mol. The molecule has 0 aliphatic rings. The maximum atomic E-state index is 12.9. The first-order valence-corrected chi connectivity index (χ1v) is 8.95. The van der Waals surface area contributed by atoms with Crippen LogP contribution in [-0.4, -0.2) is 39.9 Å². The smallest absolute Gasteiger partial charge is 0.265 e. The summed E-state index contributed by atoms with van der Waals surface area (Å²) in [5.41, 5.74) is 2.78. The highest BCUT2D eigenvalue weighted by molar-refractivity contribution is 7.17. The van der Waals surface area contributed by atoms with Gasteiger partial charge in [0.1, 0.15) is 10.6 Å². The molecule has 3 aromatic rings. The average molecular weight is 368 g/mol. The van der Waals surface area contributed by atoms with Crippen molar-refractivity contribution in [1.82, 2.24) is 19.9 Å². The number of hydrogen-bond acceptors (Lipinski definition) is 6. The zero-order valence-corrected chi connectivity index (χ0v) is 16.0. The van der Waals surface area contributed by atoms with Crippen molar-refractivity contribution in [2.75, 3.05) is 14.2 Å². The molecule has 134 valence electrons. The SMILES string of the molecule is COc1ccc(C)cc1CN(C)C(=O)c1sc(-c2ncccn2)nc1C. The van der Waals surface area contributed by atoms with Crippen LogP contribution in [0.25, 0.3) is 10.8 Å². The lowest BCUT2D eigenvalue weighted by molar-refractivity contribution is 0.0788. The number of carbonyl (C=O) groups excluding carboxylic acids is 1. The second-order valence-corrected chi connectivity index (χ2v) is 6.98. The Morgan fingerprint density at radius 3 is 2.65 bits per heavy atom. The highest BCUT2D eigenvalue weighted by atomic mass is 32.1. The average Bonchev–Trinajstić information content (AvgIpc) is 3.03. The van der Waals surface area contributed by atoms with E-state index in [1.54, 1.807) is 37.5 Å². The molecular formula is C19H20N4O2S. The van der Waals surface area contributed by atoms with Crippen LogP contribution >= 0.6 is 11.3 Å². The lowest BCUT2D eigenvalue weighted by Gasteiger charge is -2.18. The Hall–Kier alpha value is -2.80. The number of carbonyl (C=O) groups is 1. The van der Waals surface area contributed by atoms with Crippen molar-refractivity contribution < 1.29 is 9.53 Å². The summed E-state index contributed by atoms with van der Waals surface area (Å²) in [5, 5.41) is 0.646.